The summed E-state index contributed by atoms with van der Waals surface area (Å²) < 4.78 is 6.16. The van der Waals surface area contributed by atoms with Crippen molar-refractivity contribution in [3.8, 4) is 0 Å². The molecule has 0 bridgehead atoms. The van der Waals surface area contributed by atoms with Crippen LogP contribution < -0.4 is 5.73 Å². The van der Waals surface area contributed by atoms with E-state index in [1.54, 1.807) is 24.5 Å². The third kappa shape index (κ3) is 2.88. The average Bonchev–Trinajstić information content (AvgIpc) is 3.11. The highest BCUT2D eigenvalue weighted by Gasteiger charge is 2.33. The van der Waals surface area contributed by atoms with E-state index < -0.39 is 0 Å². The smallest absolute Gasteiger partial charge is 0.254 e. The summed E-state index contributed by atoms with van der Waals surface area (Å²) in [6.45, 7) is 0.503. The van der Waals surface area contributed by atoms with Crippen molar-refractivity contribution in [3.63, 3.8) is 0 Å². The van der Waals surface area contributed by atoms with Gasteiger partial charge in [-0.05, 0) is 43.2 Å². The zero-order chi connectivity index (χ0) is 14.1. The Morgan fingerprint density at radius 2 is 2.20 bits per heavy atom. The van der Waals surface area contributed by atoms with Crippen LogP contribution >= 0.6 is 15.9 Å². The number of anilines is 1. The number of nitrogens with two attached hydrogens (primary N) is 1. The minimum atomic E-state index is -0.00287. The molecule has 1 heterocycles. The molecule has 5 heteroatoms. The molecule has 0 spiro atoms. The molecule has 1 aliphatic rings. The van der Waals surface area contributed by atoms with E-state index in [2.05, 4.69) is 15.9 Å². The number of carbonyl (C=O) groups excluding carboxylic acids is 1. The number of carbonyl (C=O) groups is 1. The van der Waals surface area contributed by atoms with Crippen LogP contribution in [0.3, 0.4) is 0 Å². The fraction of sp³-hybridized carbons (Fsp3) is 0.267. The average molecular weight is 335 g/mol. The summed E-state index contributed by atoms with van der Waals surface area (Å²) in [5, 5.41) is 0. The molecule has 1 saturated carbocycles. The fourth-order valence-corrected chi connectivity index (χ4v) is 2.74. The summed E-state index contributed by atoms with van der Waals surface area (Å²) >= 11 is 3.37. The summed E-state index contributed by atoms with van der Waals surface area (Å²) in [4.78, 5) is 14.5. The Balaban J connectivity index is 1.85. The number of hydrogen-bond acceptors (Lipinski definition) is 3. The van der Waals surface area contributed by atoms with Crippen molar-refractivity contribution in [2.75, 3.05) is 5.73 Å². The maximum absolute atomic E-state index is 12.7. The molecule has 0 radical (unpaired) electrons. The molecule has 1 aliphatic carbocycles. The van der Waals surface area contributed by atoms with Crippen LogP contribution in [0, 0.1) is 0 Å². The van der Waals surface area contributed by atoms with Gasteiger partial charge in [-0.3, -0.25) is 4.79 Å². The summed E-state index contributed by atoms with van der Waals surface area (Å²) in [5.41, 5.74) is 6.99. The lowest BCUT2D eigenvalue weighted by Crippen LogP contribution is -2.32. The van der Waals surface area contributed by atoms with Crippen molar-refractivity contribution >= 4 is 27.5 Å². The van der Waals surface area contributed by atoms with E-state index in [4.69, 9.17) is 10.2 Å². The standard InChI is InChI=1S/C15H15BrN2O2/c16-11-6-10(7-12(17)8-11)15(19)18(13-3-4-13)9-14-2-1-5-20-14/h1-2,5-8,13H,3-4,9,17H2. The van der Waals surface area contributed by atoms with Gasteiger partial charge in [-0.25, -0.2) is 0 Å². The van der Waals surface area contributed by atoms with Gasteiger partial charge >= 0.3 is 0 Å². The molecule has 2 N–H and O–H groups in total. The number of nitrogens with zero attached hydrogens (tertiary/aromatic N) is 1. The zero-order valence-electron chi connectivity index (χ0n) is 10.9. The van der Waals surface area contributed by atoms with E-state index >= 15 is 0 Å². The number of furan rings is 1. The molecule has 104 valence electrons. The predicted molar refractivity (Wildman–Crippen MR) is 80.2 cm³/mol. The van der Waals surface area contributed by atoms with Crippen molar-refractivity contribution < 1.29 is 9.21 Å². The van der Waals surface area contributed by atoms with Gasteiger partial charge in [-0.15, -0.1) is 0 Å². The number of nitrogen functional groups attached to an aromatic ring is 1. The van der Waals surface area contributed by atoms with Gasteiger partial charge in [-0.1, -0.05) is 15.9 Å². The van der Waals surface area contributed by atoms with E-state index in [1.807, 2.05) is 17.0 Å². The molecule has 3 rings (SSSR count). The van der Waals surface area contributed by atoms with Crippen LogP contribution in [-0.4, -0.2) is 16.8 Å². The van der Waals surface area contributed by atoms with E-state index in [0.29, 0.717) is 23.8 Å². The van der Waals surface area contributed by atoms with Crippen LogP contribution in [0.25, 0.3) is 0 Å². The van der Waals surface area contributed by atoms with Gasteiger partial charge in [0.15, 0.2) is 0 Å². The third-order valence-corrected chi connectivity index (χ3v) is 3.78. The molecule has 1 aromatic heterocycles. The van der Waals surface area contributed by atoms with E-state index in [-0.39, 0.29) is 5.91 Å². The minimum absolute atomic E-state index is 0.00287. The molecule has 0 saturated heterocycles. The predicted octanol–water partition coefficient (Wildman–Crippen LogP) is 3.43. The Bertz CT molecular complexity index is 601. The highest BCUT2D eigenvalue weighted by molar-refractivity contribution is 9.10. The van der Waals surface area contributed by atoms with Gasteiger partial charge in [0.2, 0.25) is 0 Å². The van der Waals surface area contributed by atoms with E-state index in [0.717, 1.165) is 23.1 Å². The summed E-state index contributed by atoms with van der Waals surface area (Å²) in [6.07, 6.45) is 3.73. The number of halogens is 1. The molecule has 0 aliphatic heterocycles. The van der Waals surface area contributed by atoms with Crippen molar-refractivity contribution in [2.45, 2.75) is 25.4 Å². The number of benzene rings is 1. The molecule has 1 fully saturated rings. The van der Waals surface area contributed by atoms with Crippen LogP contribution in [0.1, 0.15) is 29.0 Å². The van der Waals surface area contributed by atoms with Crippen molar-refractivity contribution in [1.82, 2.24) is 4.90 Å². The maximum Gasteiger partial charge on any atom is 0.254 e. The van der Waals surface area contributed by atoms with Crippen LogP contribution in [0.4, 0.5) is 5.69 Å². The molecule has 1 aromatic carbocycles. The van der Waals surface area contributed by atoms with Crippen molar-refractivity contribution in [1.29, 1.82) is 0 Å². The molecule has 20 heavy (non-hydrogen) atoms. The van der Waals surface area contributed by atoms with Crippen molar-refractivity contribution in [3.05, 3.63) is 52.4 Å². The third-order valence-electron chi connectivity index (χ3n) is 3.32. The van der Waals surface area contributed by atoms with Gasteiger partial charge in [0.25, 0.3) is 5.91 Å². The topological polar surface area (TPSA) is 59.5 Å². The summed E-state index contributed by atoms with van der Waals surface area (Å²) in [7, 11) is 0. The van der Waals surface area contributed by atoms with Gasteiger partial charge < -0.3 is 15.1 Å². The van der Waals surface area contributed by atoms with Crippen LogP contribution in [0.15, 0.2) is 45.5 Å². The molecule has 2 aromatic rings. The van der Waals surface area contributed by atoms with Crippen LogP contribution in [0.2, 0.25) is 0 Å². The number of rotatable bonds is 4. The Hall–Kier alpha value is -1.75. The van der Waals surface area contributed by atoms with Crippen LogP contribution in [0.5, 0.6) is 0 Å². The molecule has 4 nitrogen and oxygen atoms in total. The van der Waals surface area contributed by atoms with Crippen molar-refractivity contribution in [2.24, 2.45) is 0 Å². The SMILES string of the molecule is Nc1cc(Br)cc(C(=O)N(Cc2ccco2)C2CC2)c1. The Labute approximate surface area is 125 Å². The van der Waals surface area contributed by atoms with Gasteiger partial charge in [0.05, 0.1) is 12.8 Å². The first-order valence-corrected chi connectivity index (χ1v) is 7.32. The van der Waals surface area contributed by atoms with Gasteiger partial charge in [-0.2, -0.15) is 0 Å². The number of amides is 1. The Morgan fingerprint density at radius 3 is 2.80 bits per heavy atom. The Kier molecular flexibility index (Phi) is 3.53. The maximum atomic E-state index is 12.7. The lowest BCUT2D eigenvalue weighted by Gasteiger charge is -2.21. The first kappa shape index (κ1) is 13.2. The van der Waals surface area contributed by atoms with E-state index in [9.17, 15) is 4.79 Å². The minimum Gasteiger partial charge on any atom is -0.467 e. The second-order valence-electron chi connectivity index (χ2n) is 5.02. The molecule has 0 atom stereocenters. The summed E-state index contributed by atoms with van der Waals surface area (Å²) in [5.74, 6) is 0.796. The Morgan fingerprint density at radius 1 is 1.40 bits per heavy atom. The molecule has 0 unspecified atom stereocenters. The van der Waals surface area contributed by atoms with Gasteiger partial charge in [0.1, 0.15) is 5.76 Å². The number of hydrogen-bond donors (Lipinski definition) is 1. The quantitative estimate of drug-likeness (QED) is 0.871. The van der Waals surface area contributed by atoms with Crippen LogP contribution in [-0.2, 0) is 6.54 Å². The lowest BCUT2D eigenvalue weighted by atomic mass is 10.1. The molecular weight excluding hydrogens is 320 g/mol. The highest BCUT2D eigenvalue weighted by Crippen LogP contribution is 2.30. The lowest BCUT2D eigenvalue weighted by molar-refractivity contribution is 0.0717. The zero-order valence-corrected chi connectivity index (χ0v) is 12.5. The first-order valence-electron chi connectivity index (χ1n) is 6.53. The first-order chi connectivity index (χ1) is 9.63. The normalized spacial score (nSPS) is 14.2. The largest absolute Gasteiger partial charge is 0.467 e. The highest BCUT2D eigenvalue weighted by atomic mass is 79.9. The fourth-order valence-electron chi connectivity index (χ4n) is 2.22. The molecular formula is C15H15BrN2O2. The second-order valence-corrected chi connectivity index (χ2v) is 5.93. The monoisotopic (exact) mass is 334 g/mol. The second kappa shape index (κ2) is 5.32. The summed E-state index contributed by atoms with van der Waals surface area (Å²) in [6, 6.07) is 9.33. The van der Waals surface area contributed by atoms with Gasteiger partial charge in [0, 0.05) is 21.8 Å². The molecule has 1 amide bonds. The van der Waals surface area contributed by atoms with E-state index in [1.165, 1.54) is 0 Å².